The van der Waals surface area contributed by atoms with Gasteiger partial charge in [-0.15, -0.1) is 0 Å². The summed E-state index contributed by atoms with van der Waals surface area (Å²) < 4.78 is 1.69. The van der Waals surface area contributed by atoms with Gasteiger partial charge in [-0.2, -0.15) is 0 Å². The van der Waals surface area contributed by atoms with Crippen LogP contribution in [-0.2, 0) is 0 Å². The lowest BCUT2D eigenvalue weighted by atomic mass is 10.2. The molecule has 0 aromatic heterocycles. The molecule has 1 rings (SSSR count). The molecule has 1 aliphatic rings. The molecule has 4 heteroatoms. The van der Waals surface area contributed by atoms with E-state index in [9.17, 15) is 4.79 Å². The molecule has 0 aromatic carbocycles. The van der Waals surface area contributed by atoms with E-state index in [4.69, 9.17) is 0 Å². The van der Waals surface area contributed by atoms with Gasteiger partial charge in [0, 0.05) is 6.04 Å². The van der Waals surface area contributed by atoms with Crippen LogP contribution in [0.15, 0.2) is 0 Å². The number of hydrogen-bond acceptors (Lipinski definition) is 1. The largest absolute Gasteiger partial charge is 0.333 e. The number of rotatable bonds is 2. The van der Waals surface area contributed by atoms with Crippen LogP contribution < -0.4 is 5.32 Å². The van der Waals surface area contributed by atoms with Crippen molar-refractivity contribution < 1.29 is 4.79 Å². The molecule has 0 saturated carbocycles. The summed E-state index contributed by atoms with van der Waals surface area (Å²) in [5.74, 6) is 0. The van der Waals surface area contributed by atoms with Crippen molar-refractivity contribution in [3.8, 4) is 0 Å². The average Bonchev–Trinajstić information content (AvgIpc) is 2.14. The Kier molecular flexibility index (Phi) is 2.76. The van der Waals surface area contributed by atoms with E-state index < -0.39 is 0 Å². The summed E-state index contributed by atoms with van der Waals surface area (Å²) in [7, 11) is 0. The minimum atomic E-state index is 0.0547. The molecule has 3 nitrogen and oxygen atoms in total. The summed E-state index contributed by atoms with van der Waals surface area (Å²) in [6, 6.07) is 0.438. The van der Waals surface area contributed by atoms with Crippen molar-refractivity contribution in [3.63, 3.8) is 0 Å². The van der Waals surface area contributed by atoms with Gasteiger partial charge in [-0.25, -0.2) is 4.79 Å². The fraction of sp³-hybridized carbons (Fsp3) is 0.833. The molecule has 10 heavy (non-hydrogen) atoms. The van der Waals surface area contributed by atoms with Crippen molar-refractivity contribution in [3.05, 3.63) is 0 Å². The van der Waals surface area contributed by atoms with Gasteiger partial charge in [0.05, 0.1) is 29.4 Å². The third-order valence-corrected chi connectivity index (χ3v) is 2.40. The number of carbonyl (C=O) groups excluding carboxylic acids is 1. The summed E-state index contributed by atoms with van der Waals surface area (Å²) in [5.41, 5.74) is 0. The van der Waals surface area contributed by atoms with E-state index in [1.807, 2.05) is 22.9 Å². The summed E-state index contributed by atoms with van der Waals surface area (Å²) in [5, 5.41) is 2.88. The highest BCUT2D eigenvalue weighted by Gasteiger charge is 2.25. The van der Waals surface area contributed by atoms with Crippen LogP contribution >= 0.6 is 22.9 Å². The van der Waals surface area contributed by atoms with Crippen LogP contribution in [0.5, 0.6) is 0 Å². The van der Waals surface area contributed by atoms with E-state index in [1.165, 1.54) is 0 Å². The van der Waals surface area contributed by atoms with Gasteiger partial charge < -0.3 is 5.32 Å². The topological polar surface area (TPSA) is 32.3 Å². The Morgan fingerprint density at radius 3 is 3.00 bits per heavy atom. The lowest BCUT2D eigenvalue weighted by molar-refractivity contribution is 0.239. The monoisotopic (exact) mass is 254 g/mol. The highest BCUT2D eigenvalue weighted by atomic mass is 127. The zero-order chi connectivity index (χ0) is 7.56. The number of carbonyl (C=O) groups is 1. The first-order chi connectivity index (χ1) is 4.74. The zero-order valence-corrected chi connectivity index (χ0v) is 8.09. The van der Waals surface area contributed by atoms with Gasteiger partial charge in [-0.1, -0.05) is 13.3 Å². The fourth-order valence-corrected chi connectivity index (χ4v) is 1.69. The Morgan fingerprint density at radius 2 is 2.60 bits per heavy atom. The predicted molar refractivity (Wildman–Crippen MR) is 48.0 cm³/mol. The molecule has 0 bridgehead atoms. The highest BCUT2D eigenvalue weighted by Crippen LogP contribution is 2.12. The lowest BCUT2D eigenvalue weighted by Gasteiger charge is -2.04. The third kappa shape index (κ3) is 1.74. The zero-order valence-electron chi connectivity index (χ0n) is 5.93. The molecule has 2 amide bonds. The predicted octanol–water partition coefficient (Wildman–Crippen LogP) is 1.53. The standard InChI is InChI=1S/C6H11IN2O/c1-2-3-5-4-9(7)6(10)8-5/h5H,2-4H2,1H3,(H,8,10). The fourth-order valence-electron chi connectivity index (χ4n) is 1.08. The van der Waals surface area contributed by atoms with Gasteiger partial charge in [0.15, 0.2) is 0 Å². The van der Waals surface area contributed by atoms with E-state index in [2.05, 4.69) is 12.2 Å². The second-order valence-corrected chi connectivity index (χ2v) is 3.64. The molecule has 1 saturated heterocycles. The van der Waals surface area contributed by atoms with Crippen molar-refractivity contribution in [2.75, 3.05) is 6.54 Å². The number of hydrogen-bond donors (Lipinski definition) is 1. The molecular weight excluding hydrogens is 243 g/mol. The number of halogens is 1. The maximum Gasteiger partial charge on any atom is 0.326 e. The van der Waals surface area contributed by atoms with Gasteiger partial charge in [0.1, 0.15) is 0 Å². The quantitative estimate of drug-likeness (QED) is 0.588. The van der Waals surface area contributed by atoms with E-state index in [0.29, 0.717) is 6.04 Å². The van der Waals surface area contributed by atoms with E-state index in [0.717, 1.165) is 19.4 Å². The Bertz CT molecular complexity index is 140. The average molecular weight is 254 g/mol. The Hall–Kier alpha value is 0. The van der Waals surface area contributed by atoms with E-state index in [-0.39, 0.29) is 6.03 Å². The maximum atomic E-state index is 10.9. The molecule has 1 fully saturated rings. The van der Waals surface area contributed by atoms with Gasteiger partial charge in [0.25, 0.3) is 0 Å². The van der Waals surface area contributed by atoms with Crippen molar-refractivity contribution in [1.29, 1.82) is 0 Å². The second-order valence-electron chi connectivity index (χ2n) is 2.48. The third-order valence-electron chi connectivity index (χ3n) is 1.57. The molecule has 0 aliphatic carbocycles. The summed E-state index contributed by atoms with van der Waals surface area (Å²) >= 11 is 2.03. The van der Waals surface area contributed by atoms with Crippen LogP contribution in [0, 0.1) is 0 Å². The van der Waals surface area contributed by atoms with E-state index >= 15 is 0 Å². The summed E-state index contributed by atoms with van der Waals surface area (Å²) in [6.45, 7) is 2.98. The van der Waals surface area contributed by atoms with Gasteiger partial charge >= 0.3 is 6.03 Å². The van der Waals surface area contributed by atoms with Crippen molar-refractivity contribution in [2.24, 2.45) is 0 Å². The van der Waals surface area contributed by atoms with Crippen LogP contribution in [0.25, 0.3) is 0 Å². The van der Waals surface area contributed by atoms with Crippen molar-refractivity contribution in [1.82, 2.24) is 8.43 Å². The van der Waals surface area contributed by atoms with Gasteiger partial charge in [0.2, 0.25) is 0 Å². The molecule has 0 radical (unpaired) electrons. The van der Waals surface area contributed by atoms with Crippen LogP contribution in [0.1, 0.15) is 19.8 Å². The number of nitrogens with zero attached hydrogens (tertiary/aromatic N) is 1. The molecule has 1 heterocycles. The first kappa shape index (κ1) is 8.10. The molecule has 1 aliphatic heterocycles. The Balaban J connectivity index is 2.34. The minimum absolute atomic E-state index is 0.0547. The summed E-state index contributed by atoms with van der Waals surface area (Å²) in [4.78, 5) is 10.9. The van der Waals surface area contributed by atoms with Crippen molar-refractivity contribution >= 4 is 28.9 Å². The maximum absolute atomic E-state index is 10.9. The smallest absolute Gasteiger partial charge is 0.326 e. The number of nitrogens with one attached hydrogen (secondary N) is 1. The Morgan fingerprint density at radius 1 is 1.90 bits per heavy atom. The Labute approximate surface area is 74.6 Å². The SMILES string of the molecule is CCCC1CN(I)C(=O)N1. The molecule has 1 atom stereocenters. The van der Waals surface area contributed by atoms with Gasteiger partial charge in [-0.3, -0.25) is 3.11 Å². The summed E-state index contributed by atoms with van der Waals surface area (Å²) in [6.07, 6.45) is 2.22. The normalized spacial score (nSPS) is 25.2. The molecule has 0 spiro atoms. The number of urea groups is 1. The minimum Gasteiger partial charge on any atom is -0.333 e. The second kappa shape index (κ2) is 3.41. The first-order valence-corrected chi connectivity index (χ1v) is 4.44. The van der Waals surface area contributed by atoms with Crippen LogP contribution in [0.3, 0.4) is 0 Å². The van der Waals surface area contributed by atoms with Crippen LogP contribution in [0.4, 0.5) is 4.79 Å². The van der Waals surface area contributed by atoms with E-state index in [1.54, 1.807) is 3.11 Å². The first-order valence-electron chi connectivity index (χ1n) is 3.48. The molecule has 0 aromatic rings. The molecular formula is C6H11IN2O. The number of amides is 2. The van der Waals surface area contributed by atoms with Gasteiger partial charge in [-0.05, 0) is 6.42 Å². The van der Waals surface area contributed by atoms with Crippen molar-refractivity contribution in [2.45, 2.75) is 25.8 Å². The van der Waals surface area contributed by atoms with Crippen LogP contribution in [-0.4, -0.2) is 21.7 Å². The highest BCUT2D eigenvalue weighted by molar-refractivity contribution is 14.1. The molecule has 58 valence electrons. The lowest BCUT2D eigenvalue weighted by Crippen LogP contribution is -2.25. The van der Waals surface area contributed by atoms with Crippen LogP contribution in [0.2, 0.25) is 0 Å². The molecule has 1 unspecified atom stereocenters. The molecule has 1 N–H and O–H groups in total.